The Bertz CT molecular complexity index is 714. The van der Waals surface area contributed by atoms with Gasteiger partial charge in [0.2, 0.25) is 11.8 Å². The second-order valence-corrected chi connectivity index (χ2v) is 5.55. The Hall–Kier alpha value is -2.44. The number of carbonyl (C=O) groups is 1. The molecule has 1 aliphatic heterocycles. The number of nitrogens with two attached hydrogens (primary N) is 1. The fraction of sp³-hybridized carbons (Fsp3) is 0.294. The van der Waals surface area contributed by atoms with Gasteiger partial charge in [-0.25, -0.2) is 4.98 Å². The lowest BCUT2D eigenvalue weighted by Crippen LogP contribution is -2.32. The van der Waals surface area contributed by atoms with Gasteiger partial charge in [0.15, 0.2) is 0 Å². The molecule has 1 aromatic carbocycles. The van der Waals surface area contributed by atoms with Gasteiger partial charge in [0.05, 0.1) is 30.6 Å². The van der Waals surface area contributed by atoms with Crippen molar-refractivity contribution in [1.29, 1.82) is 0 Å². The smallest absolute Gasteiger partial charge is 0.241 e. The number of hydrogen-bond donors (Lipinski definition) is 2. The first-order valence-electron chi connectivity index (χ1n) is 7.48. The van der Waals surface area contributed by atoms with Crippen LogP contribution in [-0.4, -0.2) is 16.9 Å². The van der Waals surface area contributed by atoms with Crippen LogP contribution in [0, 0.1) is 0 Å². The zero-order valence-corrected chi connectivity index (χ0v) is 13.1. The highest BCUT2D eigenvalue weighted by Crippen LogP contribution is 2.38. The molecule has 1 aromatic heterocycles. The van der Waals surface area contributed by atoms with Crippen molar-refractivity contribution in [3.63, 3.8) is 0 Å². The molecule has 0 aliphatic carbocycles. The van der Waals surface area contributed by atoms with Gasteiger partial charge in [-0.1, -0.05) is 12.1 Å². The van der Waals surface area contributed by atoms with E-state index in [4.69, 9.17) is 15.2 Å². The van der Waals surface area contributed by atoms with Crippen molar-refractivity contribution >= 4 is 11.6 Å². The summed E-state index contributed by atoms with van der Waals surface area (Å²) in [4.78, 5) is 15.8. The van der Waals surface area contributed by atoms with Crippen molar-refractivity contribution in [1.82, 2.24) is 4.98 Å². The summed E-state index contributed by atoms with van der Waals surface area (Å²) >= 11 is 0. The van der Waals surface area contributed by atoms with Crippen LogP contribution in [-0.2, 0) is 16.1 Å². The van der Waals surface area contributed by atoms with Crippen molar-refractivity contribution in [2.45, 2.75) is 32.6 Å². The molecule has 3 N–H and O–H groups in total. The summed E-state index contributed by atoms with van der Waals surface area (Å²) in [6.45, 7) is 4.22. The van der Waals surface area contributed by atoms with Gasteiger partial charge in [-0.15, -0.1) is 0 Å². The molecule has 3 rings (SSSR count). The molecule has 120 valence electrons. The Morgan fingerprint density at radius 3 is 2.96 bits per heavy atom. The topological polar surface area (TPSA) is 86.5 Å². The molecule has 2 atom stereocenters. The molecule has 0 saturated carbocycles. The lowest BCUT2D eigenvalue weighted by atomic mass is 10.1. The number of nitrogens with zero attached hydrogens (tertiary/aromatic N) is 1. The first-order chi connectivity index (χ1) is 11.0. The molecule has 1 amide bonds. The predicted molar refractivity (Wildman–Crippen MR) is 86.2 cm³/mol. The van der Waals surface area contributed by atoms with Crippen LogP contribution in [0.3, 0.4) is 0 Å². The van der Waals surface area contributed by atoms with Crippen LogP contribution in [0.2, 0.25) is 0 Å². The Balaban J connectivity index is 1.75. The molecule has 23 heavy (non-hydrogen) atoms. The number of aromatic nitrogens is 1. The third-order valence-electron chi connectivity index (χ3n) is 3.68. The zero-order valence-electron chi connectivity index (χ0n) is 13.1. The summed E-state index contributed by atoms with van der Waals surface area (Å²) in [5.41, 5.74) is 8.28. The lowest BCUT2D eigenvalue weighted by Gasteiger charge is -2.12. The minimum Gasteiger partial charge on any atom is -0.439 e. The molecule has 0 bridgehead atoms. The van der Waals surface area contributed by atoms with Crippen molar-refractivity contribution < 1.29 is 14.3 Å². The summed E-state index contributed by atoms with van der Waals surface area (Å²) in [5, 5.41) is 2.68. The fourth-order valence-electron chi connectivity index (χ4n) is 2.45. The third kappa shape index (κ3) is 3.33. The number of pyridine rings is 1. The molecule has 6 nitrogen and oxygen atoms in total. The summed E-state index contributed by atoms with van der Waals surface area (Å²) in [6, 6.07) is 8.73. The maximum atomic E-state index is 11.5. The summed E-state index contributed by atoms with van der Waals surface area (Å²) in [7, 11) is 0. The van der Waals surface area contributed by atoms with Crippen LogP contribution in [0.15, 0.2) is 36.5 Å². The lowest BCUT2D eigenvalue weighted by molar-refractivity contribution is -0.117. The van der Waals surface area contributed by atoms with Crippen LogP contribution in [0.5, 0.6) is 11.6 Å². The molecule has 0 spiro atoms. The predicted octanol–water partition coefficient (Wildman–Crippen LogP) is 2.75. The molecule has 6 heteroatoms. The van der Waals surface area contributed by atoms with Crippen LogP contribution in [0.1, 0.15) is 31.1 Å². The first kappa shape index (κ1) is 15.5. The van der Waals surface area contributed by atoms with Crippen LogP contribution < -0.4 is 15.8 Å². The van der Waals surface area contributed by atoms with Crippen molar-refractivity contribution in [3.05, 3.63) is 47.7 Å². The van der Waals surface area contributed by atoms with Crippen molar-refractivity contribution in [3.8, 4) is 11.6 Å². The number of ether oxygens (including phenoxy) is 2. The highest BCUT2D eigenvalue weighted by Gasteiger charge is 2.23. The van der Waals surface area contributed by atoms with E-state index < -0.39 is 6.04 Å². The van der Waals surface area contributed by atoms with Crippen molar-refractivity contribution in [2.75, 3.05) is 5.32 Å². The van der Waals surface area contributed by atoms with Gasteiger partial charge < -0.3 is 20.5 Å². The number of nitrogens with one attached hydrogen (secondary N) is 1. The first-order valence-corrected chi connectivity index (χ1v) is 7.48. The van der Waals surface area contributed by atoms with Crippen LogP contribution >= 0.6 is 0 Å². The normalized spacial score (nSPS) is 17.4. The summed E-state index contributed by atoms with van der Waals surface area (Å²) in [6.07, 6.45) is 1.55. The van der Waals surface area contributed by atoms with E-state index in [0.29, 0.717) is 18.2 Å². The van der Waals surface area contributed by atoms with Crippen LogP contribution in [0.25, 0.3) is 0 Å². The van der Waals surface area contributed by atoms with Gasteiger partial charge in [-0.05, 0) is 31.5 Å². The van der Waals surface area contributed by atoms with Gasteiger partial charge in [-0.3, -0.25) is 4.79 Å². The number of fused-ring (bicyclic) bond motifs is 1. The molecule has 0 radical (unpaired) electrons. The average molecular weight is 313 g/mol. The molecule has 1 aliphatic rings. The molecular weight excluding hydrogens is 294 g/mol. The minimum absolute atomic E-state index is 0.00537. The SMILES string of the molecule is CC1OCc2cccc(Oc3ccc(NC(=O)[C@@H](C)N)cn3)c21. The van der Waals surface area contributed by atoms with Gasteiger partial charge in [0.25, 0.3) is 0 Å². The number of rotatable bonds is 4. The third-order valence-corrected chi connectivity index (χ3v) is 3.68. The summed E-state index contributed by atoms with van der Waals surface area (Å²) in [5.74, 6) is 0.941. The maximum Gasteiger partial charge on any atom is 0.241 e. The van der Waals surface area contributed by atoms with Gasteiger partial charge in [0, 0.05) is 11.6 Å². The quantitative estimate of drug-likeness (QED) is 0.906. The molecule has 1 unspecified atom stereocenters. The van der Waals surface area contributed by atoms with E-state index in [2.05, 4.69) is 10.3 Å². The van der Waals surface area contributed by atoms with E-state index in [9.17, 15) is 4.79 Å². The highest BCUT2D eigenvalue weighted by molar-refractivity contribution is 5.94. The Morgan fingerprint density at radius 1 is 1.43 bits per heavy atom. The Labute approximate surface area is 134 Å². The standard InChI is InChI=1S/C17H19N3O3/c1-10(18)17(21)20-13-6-7-15(19-8-13)23-14-5-3-4-12-9-22-11(2)16(12)14/h3-8,10-11H,9,18H2,1-2H3,(H,20,21)/t10-,11?/m1/s1. The molecule has 0 saturated heterocycles. The van der Waals surface area contributed by atoms with Crippen molar-refractivity contribution in [2.24, 2.45) is 5.73 Å². The summed E-state index contributed by atoms with van der Waals surface area (Å²) < 4.78 is 11.5. The van der Waals surface area contributed by atoms with E-state index in [0.717, 1.165) is 16.9 Å². The number of carbonyl (C=O) groups excluding carboxylic acids is 1. The number of amides is 1. The molecule has 2 heterocycles. The average Bonchev–Trinajstić information content (AvgIpc) is 2.91. The second-order valence-electron chi connectivity index (χ2n) is 5.55. The zero-order chi connectivity index (χ0) is 16.4. The second kappa shape index (κ2) is 6.36. The van der Waals surface area contributed by atoms with Gasteiger partial charge in [0.1, 0.15) is 5.75 Å². The Kier molecular flexibility index (Phi) is 4.27. The Morgan fingerprint density at radius 2 is 2.26 bits per heavy atom. The fourth-order valence-corrected chi connectivity index (χ4v) is 2.45. The number of anilines is 1. The highest BCUT2D eigenvalue weighted by atomic mass is 16.5. The number of hydrogen-bond acceptors (Lipinski definition) is 5. The van der Waals surface area contributed by atoms with E-state index >= 15 is 0 Å². The molecule has 0 fully saturated rings. The van der Waals surface area contributed by atoms with Crippen LogP contribution in [0.4, 0.5) is 5.69 Å². The number of benzene rings is 1. The molecular formula is C17H19N3O3. The monoisotopic (exact) mass is 313 g/mol. The maximum absolute atomic E-state index is 11.5. The molecule has 2 aromatic rings. The van der Waals surface area contributed by atoms with E-state index in [-0.39, 0.29) is 12.0 Å². The van der Waals surface area contributed by atoms with E-state index in [1.807, 2.05) is 25.1 Å². The van der Waals surface area contributed by atoms with Gasteiger partial charge in [-0.2, -0.15) is 0 Å². The minimum atomic E-state index is -0.570. The largest absolute Gasteiger partial charge is 0.439 e. The van der Waals surface area contributed by atoms with E-state index in [1.54, 1.807) is 25.3 Å². The van der Waals surface area contributed by atoms with Gasteiger partial charge >= 0.3 is 0 Å². The van der Waals surface area contributed by atoms with E-state index in [1.165, 1.54) is 0 Å².